The Morgan fingerprint density at radius 3 is 2.56 bits per heavy atom. The summed E-state index contributed by atoms with van der Waals surface area (Å²) in [6, 6.07) is 8.92. The average Bonchev–Trinajstić information content (AvgIpc) is 2.44. The van der Waals surface area contributed by atoms with E-state index in [1.807, 2.05) is 6.07 Å². The van der Waals surface area contributed by atoms with Gasteiger partial charge in [0.25, 0.3) is 0 Å². The summed E-state index contributed by atoms with van der Waals surface area (Å²) in [6.45, 7) is 0. The number of benzene rings is 1. The number of rotatable bonds is 2. The van der Waals surface area contributed by atoms with Crippen LogP contribution in [0.5, 0.6) is 0 Å². The Bertz CT molecular complexity index is 518. The molecule has 1 aliphatic carbocycles. The zero-order valence-corrected chi connectivity index (χ0v) is 9.52. The summed E-state index contributed by atoms with van der Waals surface area (Å²) >= 11 is 0. The maximum atomic E-state index is 12.0. The molecule has 1 N–H and O–H groups in total. The molecule has 1 saturated heterocycles. The van der Waals surface area contributed by atoms with Crippen LogP contribution in [0.2, 0.25) is 0 Å². The summed E-state index contributed by atoms with van der Waals surface area (Å²) in [4.78, 5) is 22.0. The van der Waals surface area contributed by atoms with E-state index < -0.39 is 18.3 Å². The molecule has 2 aliphatic heterocycles. The molecule has 0 spiro atoms. The van der Waals surface area contributed by atoms with Gasteiger partial charge in [-0.15, -0.1) is 0 Å². The van der Waals surface area contributed by atoms with Crippen LogP contribution in [0.4, 0.5) is 0 Å². The van der Waals surface area contributed by atoms with Gasteiger partial charge in [-0.3, -0.25) is 4.79 Å². The molecule has 92 valence electrons. The number of fused-ring (bicyclic) bond motifs is 2. The highest BCUT2D eigenvalue weighted by Crippen LogP contribution is 2.30. The van der Waals surface area contributed by atoms with Crippen molar-refractivity contribution < 1.29 is 19.7 Å². The lowest BCUT2D eigenvalue weighted by atomic mass is 9.90. The van der Waals surface area contributed by atoms with Crippen molar-refractivity contribution in [2.45, 2.75) is 18.3 Å². The average molecular weight is 244 g/mol. The van der Waals surface area contributed by atoms with Crippen molar-refractivity contribution in [3.8, 4) is 0 Å². The summed E-state index contributed by atoms with van der Waals surface area (Å²) in [6.07, 6.45) is 3.14. The summed E-state index contributed by atoms with van der Waals surface area (Å²) < 4.78 is 0. The second kappa shape index (κ2) is 4.49. The van der Waals surface area contributed by atoms with Gasteiger partial charge in [0.05, 0.1) is 0 Å². The van der Waals surface area contributed by atoms with Gasteiger partial charge >= 0.3 is 0 Å². The predicted molar refractivity (Wildman–Crippen MR) is 63.7 cm³/mol. The van der Waals surface area contributed by atoms with Crippen molar-refractivity contribution >= 4 is 5.78 Å². The number of aliphatic hydroxyl groups excluding tert-OH is 1. The summed E-state index contributed by atoms with van der Waals surface area (Å²) in [5.41, 5.74) is 1.13. The first-order valence-electron chi connectivity index (χ1n) is 5.75. The summed E-state index contributed by atoms with van der Waals surface area (Å²) in [5, 5.41) is 9.98. The van der Waals surface area contributed by atoms with Gasteiger partial charge in [-0.05, 0) is 12.2 Å². The van der Waals surface area contributed by atoms with Crippen LogP contribution >= 0.6 is 0 Å². The van der Waals surface area contributed by atoms with E-state index in [1.54, 1.807) is 36.4 Å². The molecular formula is C14H12O4. The topological polar surface area (TPSA) is 55.8 Å². The Kier molecular flexibility index (Phi) is 2.83. The van der Waals surface area contributed by atoms with E-state index in [9.17, 15) is 9.90 Å². The minimum absolute atomic E-state index is 0.144. The normalized spacial score (nSPS) is 31.8. The Morgan fingerprint density at radius 1 is 1.17 bits per heavy atom. The molecule has 2 heterocycles. The van der Waals surface area contributed by atoms with Crippen LogP contribution in [0, 0.1) is 0 Å². The highest BCUT2D eigenvalue weighted by Gasteiger charge is 2.38. The molecule has 4 nitrogen and oxygen atoms in total. The van der Waals surface area contributed by atoms with Crippen molar-refractivity contribution in [2.24, 2.45) is 0 Å². The van der Waals surface area contributed by atoms with Crippen molar-refractivity contribution in [3.05, 3.63) is 59.7 Å². The van der Waals surface area contributed by atoms with Crippen LogP contribution in [-0.4, -0.2) is 29.2 Å². The molecule has 1 aromatic carbocycles. The number of allylic oxidation sites excluding steroid dienone is 1. The van der Waals surface area contributed by atoms with Crippen molar-refractivity contribution in [1.29, 1.82) is 0 Å². The Morgan fingerprint density at radius 2 is 1.94 bits per heavy atom. The quantitative estimate of drug-likeness (QED) is 0.370. The number of carbonyl (C=O) groups is 1. The van der Waals surface area contributed by atoms with E-state index in [-0.39, 0.29) is 5.78 Å². The van der Waals surface area contributed by atoms with Gasteiger partial charge in [-0.2, -0.15) is 0 Å². The molecule has 1 aromatic rings. The molecule has 0 unspecified atom stereocenters. The number of aliphatic hydroxyl groups is 1. The van der Waals surface area contributed by atoms with Crippen LogP contribution in [-0.2, 0) is 9.78 Å². The van der Waals surface area contributed by atoms with Gasteiger partial charge in [0.15, 0.2) is 5.78 Å². The van der Waals surface area contributed by atoms with E-state index in [0.717, 1.165) is 0 Å². The van der Waals surface area contributed by atoms with Gasteiger partial charge in [0.2, 0.25) is 0 Å². The van der Waals surface area contributed by atoms with Crippen LogP contribution in [0.1, 0.15) is 10.4 Å². The van der Waals surface area contributed by atoms with Crippen molar-refractivity contribution in [1.82, 2.24) is 0 Å². The van der Waals surface area contributed by atoms with E-state index in [2.05, 4.69) is 0 Å². The smallest absolute Gasteiger partial charge is 0.185 e. The molecule has 0 saturated carbocycles. The summed E-state index contributed by atoms with van der Waals surface area (Å²) in [5.74, 6) is -0.144. The second-order valence-corrected chi connectivity index (χ2v) is 4.28. The molecule has 0 aromatic heterocycles. The van der Waals surface area contributed by atoms with Gasteiger partial charge in [-0.25, -0.2) is 9.78 Å². The number of ketones is 1. The first-order chi connectivity index (χ1) is 8.75. The SMILES string of the molecule is O=C(/C=C1/[C@H]2C=C[C@H](OO2)[C@H]1O)c1ccccc1. The molecule has 0 amide bonds. The number of hydrogen-bond donors (Lipinski definition) is 1. The highest BCUT2D eigenvalue weighted by molar-refractivity contribution is 6.05. The van der Waals surface area contributed by atoms with Gasteiger partial charge < -0.3 is 5.11 Å². The minimum atomic E-state index is -0.818. The van der Waals surface area contributed by atoms with E-state index in [0.29, 0.717) is 11.1 Å². The van der Waals surface area contributed by atoms with Crippen LogP contribution in [0.15, 0.2) is 54.1 Å². The fourth-order valence-corrected chi connectivity index (χ4v) is 2.09. The van der Waals surface area contributed by atoms with Gasteiger partial charge in [0.1, 0.15) is 18.3 Å². The van der Waals surface area contributed by atoms with E-state index in [4.69, 9.17) is 9.78 Å². The van der Waals surface area contributed by atoms with Gasteiger partial charge in [0, 0.05) is 11.1 Å². The molecular weight excluding hydrogens is 232 g/mol. The fraction of sp³-hybridized carbons (Fsp3) is 0.214. The van der Waals surface area contributed by atoms with Crippen molar-refractivity contribution in [3.63, 3.8) is 0 Å². The predicted octanol–water partition coefficient (Wildman–Crippen LogP) is 1.43. The molecule has 1 fully saturated rings. The van der Waals surface area contributed by atoms with E-state index >= 15 is 0 Å². The third-order valence-electron chi connectivity index (χ3n) is 3.08. The maximum Gasteiger partial charge on any atom is 0.185 e. The number of carbonyl (C=O) groups excluding carboxylic acids is 1. The first-order valence-corrected chi connectivity index (χ1v) is 5.75. The Balaban J connectivity index is 1.89. The second-order valence-electron chi connectivity index (χ2n) is 4.28. The molecule has 18 heavy (non-hydrogen) atoms. The zero-order chi connectivity index (χ0) is 12.5. The third-order valence-corrected chi connectivity index (χ3v) is 3.08. The lowest BCUT2D eigenvalue weighted by Gasteiger charge is -2.35. The van der Waals surface area contributed by atoms with Gasteiger partial charge in [-0.1, -0.05) is 36.4 Å². The summed E-state index contributed by atoms with van der Waals surface area (Å²) in [7, 11) is 0. The molecule has 3 aliphatic rings. The Hall–Kier alpha value is -1.75. The monoisotopic (exact) mass is 244 g/mol. The van der Waals surface area contributed by atoms with Crippen molar-refractivity contribution in [2.75, 3.05) is 0 Å². The minimum Gasteiger partial charge on any atom is -0.385 e. The zero-order valence-electron chi connectivity index (χ0n) is 9.52. The lowest BCUT2D eigenvalue weighted by Crippen LogP contribution is -2.44. The largest absolute Gasteiger partial charge is 0.385 e. The molecule has 4 heteroatoms. The maximum absolute atomic E-state index is 12.0. The van der Waals surface area contributed by atoms with Crippen LogP contribution < -0.4 is 0 Å². The lowest BCUT2D eigenvalue weighted by molar-refractivity contribution is -0.362. The molecule has 0 radical (unpaired) electrons. The molecule has 4 rings (SSSR count). The van der Waals surface area contributed by atoms with Crippen LogP contribution in [0.25, 0.3) is 0 Å². The molecule has 3 atom stereocenters. The van der Waals surface area contributed by atoms with E-state index in [1.165, 1.54) is 6.08 Å². The number of hydrogen-bond acceptors (Lipinski definition) is 4. The highest BCUT2D eigenvalue weighted by atomic mass is 17.2. The van der Waals surface area contributed by atoms with Crippen LogP contribution in [0.3, 0.4) is 0 Å². The Labute approximate surface area is 104 Å². The first kappa shape index (κ1) is 11.3. The standard InChI is InChI=1S/C14H12O4/c15-11(9-4-2-1-3-5-9)8-10-12-6-7-13(14(10)16)18-17-12/h1-8,12-14,16H/b10-8-/t12-,13+,14+/m1/s1. The third kappa shape index (κ3) is 1.90. The molecule has 2 bridgehead atoms. The fourth-order valence-electron chi connectivity index (χ4n) is 2.09.